The first-order valence-corrected chi connectivity index (χ1v) is 3.95. The van der Waals surface area contributed by atoms with Crippen LogP contribution in [0.3, 0.4) is 0 Å². The summed E-state index contributed by atoms with van der Waals surface area (Å²) in [7, 11) is 0. The van der Waals surface area contributed by atoms with E-state index in [9.17, 15) is 4.79 Å². The Morgan fingerprint density at radius 2 is 2.17 bits per heavy atom. The largest absolute Gasteiger partial charge is 0.326 e. The highest BCUT2D eigenvalue weighted by Gasteiger charge is 2.01. The predicted octanol–water partition coefficient (Wildman–Crippen LogP) is 1.66. The summed E-state index contributed by atoms with van der Waals surface area (Å²) >= 11 is 0. The molecular formula is C10H13NO. The van der Waals surface area contributed by atoms with Gasteiger partial charge in [0.15, 0.2) is 5.78 Å². The molecule has 1 aromatic carbocycles. The zero-order chi connectivity index (χ0) is 9.14. The standard InChI is InChI=1S/C10H13NO/c1-7-5-9(8(2)12)3-4-10(7)6-11/h3-5H,6,11H2,1-2H3. The zero-order valence-corrected chi connectivity index (χ0v) is 7.42. The van der Waals surface area contributed by atoms with Gasteiger partial charge >= 0.3 is 0 Å². The molecule has 0 fully saturated rings. The van der Waals surface area contributed by atoms with Crippen molar-refractivity contribution in [3.05, 3.63) is 34.9 Å². The molecule has 0 heterocycles. The van der Waals surface area contributed by atoms with Gasteiger partial charge in [-0.2, -0.15) is 0 Å². The van der Waals surface area contributed by atoms with E-state index in [2.05, 4.69) is 0 Å². The van der Waals surface area contributed by atoms with Crippen LogP contribution in [0.1, 0.15) is 28.4 Å². The van der Waals surface area contributed by atoms with Crippen LogP contribution >= 0.6 is 0 Å². The second-order valence-electron chi connectivity index (χ2n) is 2.90. The molecule has 0 saturated heterocycles. The van der Waals surface area contributed by atoms with E-state index in [4.69, 9.17) is 5.73 Å². The van der Waals surface area contributed by atoms with Crippen molar-refractivity contribution in [2.45, 2.75) is 20.4 Å². The van der Waals surface area contributed by atoms with Gasteiger partial charge in [0.1, 0.15) is 0 Å². The monoisotopic (exact) mass is 163 g/mol. The quantitative estimate of drug-likeness (QED) is 0.674. The summed E-state index contributed by atoms with van der Waals surface area (Å²) in [6, 6.07) is 5.61. The highest BCUT2D eigenvalue weighted by molar-refractivity contribution is 5.94. The van der Waals surface area contributed by atoms with Gasteiger partial charge in [0, 0.05) is 12.1 Å². The van der Waals surface area contributed by atoms with Crippen LogP contribution in [0.15, 0.2) is 18.2 Å². The van der Waals surface area contributed by atoms with E-state index >= 15 is 0 Å². The van der Waals surface area contributed by atoms with Crippen molar-refractivity contribution >= 4 is 5.78 Å². The summed E-state index contributed by atoms with van der Waals surface area (Å²) in [5, 5.41) is 0. The number of Topliss-reactive ketones (excluding diaryl/α,β-unsaturated/α-hetero) is 1. The lowest BCUT2D eigenvalue weighted by atomic mass is 10.0. The van der Waals surface area contributed by atoms with Crippen molar-refractivity contribution in [3.8, 4) is 0 Å². The van der Waals surface area contributed by atoms with Gasteiger partial charge in [-0.05, 0) is 31.0 Å². The summed E-state index contributed by atoms with van der Waals surface area (Å²) in [4.78, 5) is 11.0. The van der Waals surface area contributed by atoms with Gasteiger partial charge in [-0.15, -0.1) is 0 Å². The van der Waals surface area contributed by atoms with E-state index < -0.39 is 0 Å². The molecule has 2 nitrogen and oxygen atoms in total. The molecule has 0 aromatic heterocycles. The van der Waals surface area contributed by atoms with E-state index in [0.717, 1.165) is 16.7 Å². The van der Waals surface area contributed by atoms with Crippen molar-refractivity contribution in [2.75, 3.05) is 0 Å². The van der Waals surface area contributed by atoms with Crippen LogP contribution < -0.4 is 5.73 Å². The molecule has 2 N–H and O–H groups in total. The Labute approximate surface area is 72.4 Å². The number of carbonyl (C=O) groups excluding carboxylic acids is 1. The maximum atomic E-state index is 11.0. The smallest absolute Gasteiger partial charge is 0.159 e. The summed E-state index contributed by atoms with van der Waals surface area (Å²) in [6.07, 6.45) is 0. The number of hydrogen-bond donors (Lipinski definition) is 1. The highest BCUT2D eigenvalue weighted by Crippen LogP contribution is 2.10. The minimum atomic E-state index is 0.0988. The third-order valence-electron chi connectivity index (χ3n) is 1.97. The fraction of sp³-hybridized carbons (Fsp3) is 0.300. The lowest BCUT2D eigenvalue weighted by Gasteiger charge is -2.03. The maximum Gasteiger partial charge on any atom is 0.159 e. The minimum Gasteiger partial charge on any atom is -0.326 e. The maximum absolute atomic E-state index is 11.0. The van der Waals surface area contributed by atoms with Crippen LogP contribution in [0.5, 0.6) is 0 Å². The van der Waals surface area contributed by atoms with Gasteiger partial charge in [-0.25, -0.2) is 0 Å². The van der Waals surface area contributed by atoms with E-state index in [0.29, 0.717) is 6.54 Å². The summed E-state index contributed by atoms with van der Waals surface area (Å²) in [5.74, 6) is 0.0988. The van der Waals surface area contributed by atoms with Crippen molar-refractivity contribution in [3.63, 3.8) is 0 Å². The Hall–Kier alpha value is -1.15. The summed E-state index contributed by atoms with van der Waals surface area (Å²) in [5.41, 5.74) is 8.43. The average Bonchev–Trinajstić information content (AvgIpc) is 2.04. The average molecular weight is 163 g/mol. The van der Waals surface area contributed by atoms with Crippen molar-refractivity contribution in [1.82, 2.24) is 0 Å². The first-order valence-electron chi connectivity index (χ1n) is 3.95. The second-order valence-corrected chi connectivity index (χ2v) is 2.90. The van der Waals surface area contributed by atoms with Gasteiger partial charge in [-0.1, -0.05) is 12.1 Å². The summed E-state index contributed by atoms with van der Waals surface area (Å²) in [6.45, 7) is 4.07. The molecule has 0 amide bonds. The Morgan fingerprint density at radius 3 is 2.58 bits per heavy atom. The molecule has 2 heteroatoms. The number of benzene rings is 1. The summed E-state index contributed by atoms with van der Waals surface area (Å²) < 4.78 is 0. The molecule has 1 rings (SSSR count). The molecule has 0 aliphatic rings. The predicted molar refractivity (Wildman–Crippen MR) is 49.1 cm³/mol. The molecule has 0 spiro atoms. The van der Waals surface area contributed by atoms with Gasteiger partial charge in [-0.3, -0.25) is 4.79 Å². The number of hydrogen-bond acceptors (Lipinski definition) is 2. The van der Waals surface area contributed by atoms with Crippen molar-refractivity contribution in [1.29, 1.82) is 0 Å². The van der Waals surface area contributed by atoms with Crippen LogP contribution in [0.2, 0.25) is 0 Å². The Bertz CT molecular complexity index is 305. The Morgan fingerprint density at radius 1 is 1.50 bits per heavy atom. The third-order valence-corrected chi connectivity index (χ3v) is 1.97. The van der Waals surface area contributed by atoms with Gasteiger partial charge in [0.2, 0.25) is 0 Å². The molecular weight excluding hydrogens is 150 g/mol. The van der Waals surface area contributed by atoms with E-state index in [1.807, 2.05) is 25.1 Å². The minimum absolute atomic E-state index is 0.0988. The zero-order valence-electron chi connectivity index (χ0n) is 7.42. The topological polar surface area (TPSA) is 43.1 Å². The van der Waals surface area contributed by atoms with Gasteiger partial charge in [0.05, 0.1) is 0 Å². The molecule has 0 aliphatic heterocycles. The molecule has 0 radical (unpaired) electrons. The van der Waals surface area contributed by atoms with Crippen LogP contribution in [0, 0.1) is 6.92 Å². The highest BCUT2D eigenvalue weighted by atomic mass is 16.1. The van der Waals surface area contributed by atoms with Gasteiger partial charge < -0.3 is 5.73 Å². The SMILES string of the molecule is CC(=O)c1ccc(CN)c(C)c1. The molecule has 0 bridgehead atoms. The molecule has 12 heavy (non-hydrogen) atoms. The number of rotatable bonds is 2. The lowest BCUT2D eigenvalue weighted by molar-refractivity contribution is 0.101. The lowest BCUT2D eigenvalue weighted by Crippen LogP contribution is -2.01. The molecule has 0 unspecified atom stereocenters. The fourth-order valence-electron chi connectivity index (χ4n) is 1.14. The van der Waals surface area contributed by atoms with Crippen LogP contribution in [0.25, 0.3) is 0 Å². The second kappa shape index (κ2) is 3.50. The first kappa shape index (κ1) is 8.94. The van der Waals surface area contributed by atoms with E-state index in [-0.39, 0.29) is 5.78 Å². The number of aryl methyl sites for hydroxylation is 1. The van der Waals surface area contributed by atoms with E-state index in [1.54, 1.807) is 6.92 Å². The number of carbonyl (C=O) groups is 1. The molecule has 64 valence electrons. The molecule has 1 aromatic rings. The van der Waals surface area contributed by atoms with Gasteiger partial charge in [0.25, 0.3) is 0 Å². The van der Waals surface area contributed by atoms with Crippen LogP contribution in [0.4, 0.5) is 0 Å². The van der Waals surface area contributed by atoms with Crippen LogP contribution in [-0.4, -0.2) is 5.78 Å². The Balaban J connectivity index is 3.10. The third kappa shape index (κ3) is 1.71. The number of ketones is 1. The molecule has 0 saturated carbocycles. The number of nitrogens with two attached hydrogens (primary N) is 1. The first-order chi connectivity index (χ1) is 5.65. The van der Waals surface area contributed by atoms with Crippen LogP contribution in [-0.2, 0) is 6.54 Å². The Kier molecular flexibility index (Phi) is 2.61. The van der Waals surface area contributed by atoms with Crippen molar-refractivity contribution < 1.29 is 4.79 Å². The molecule has 0 atom stereocenters. The van der Waals surface area contributed by atoms with E-state index in [1.165, 1.54) is 0 Å². The fourth-order valence-corrected chi connectivity index (χ4v) is 1.14. The van der Waals surface area contributed by atoms with Crippen molar-refractivity contribution in [2.24, 2.45) is 5.73 Å². The normalized spacial score (nSPS) is 9.92. The molecule has 0 aliphatic carbocycles.